The van der Waals surface area contributed by atoms with Gasteiger partial charge in [0.2, 0.25) is 10.0 Å². The van der Waals surface area contributed by atoms with Gasteiger partial charge in [0.25, 0.3) is 5.91 Å². The Bertz CT molecular complexity index is 1330. The summed E-state index contributed by atoms with van der Waals surface area (Å²) < 4.78 is 69.6. The Morgan fingerprint density at radius 3 is 2.61 bits per heavy atom. The summed E-state index contributed by atoms with van der Waals surface area (Å²) in [7, 11) is -3.95. The predicted molar refractivity (Wildman–Crippen MR) is 117 cm³/mol. The molecule has 2 unspecified atom stereocenters. The molecule has 3 heterocycles. The number of carbonyl (C=O) groups excluding carboxylic acids is 1. The van der Waals surface area contributed by atoms with Crippen LogP contribution >= 0.6 is 0 Å². The van der Waals surface area contributed by atoms with Gasteiger partial charge in [-0.3, -0.25) is 4.79 Å². The number of hydrogen-bond donors (Lipinski definition) is 1. The molecule has 1 N–H and O–H groups in total. The van der Waals surface area contributed by atoms with Crippen molar-refractivity contribution in [2.45, 2.75) is 44.2 Å². The molecule has 0 radical (unpaired) electrons. The fraction of sp³-hybridized carbons (Fsp3) is 0.364. The van der Waals surface area contributed by atoms with Crippen LogP contribution in [-0.2, 0) is 10.0 Å². The van der Waals surface area contributed by atoms with Crippen molar-refractivity contribution in [1.29, 1.82) is 0 Å². The van der Waals surface area contributed by atoms with Crippen LogP contribution in [0.4, 0.5) is 18.9 Å². The maximum Gasteiger partial charge on any atom is 0.268 e. The molecule has 4 rings (SSSR count). The number of halogens is 3. The largest absolute Gasteiger partial charge is 0.361 e. The van der Waals surface area contributed by atoms with Crippen LogP contribution in [0.2, 0.25) is 0 Å². The van der Waals surface area contributed by atoms with Crippen LogP contribution in [0.3, 0.4) is 0 Å². The van der Waals surface area contributed by atoms with Crippen molar-refractivity contribution < 1.29 is 26.4 Å². The van der Waals surface area contributed by atoms with Gasteiger partial charge in [-0.1, -0.05) is 0 Å². The number of hydrogen-bond acceptors (Lipinski definition) is 5. The van der Waals surface area contributed by atoms with Crippen molar-refractivity contribution in [3.63, 3.8) is 0 Å². The maximum absolute atomic E-state index is 14.4. The van der Waals surface area contributed by atoms with Gasteiger partial charge in [-0.15, -0.1) is 0 Å². The van der Waals surface area contributed by atoms with Gasteiger partial charge >= 0.3 is 0 Å². The minimum absolute atomic E-state index is 0.00848. The Morgan fingerprint density at radius 1 is 1.18 bits per heavy atom. The normalized spacial score (nSPS) is 19.3. The topological polar surface area (TPSA) is 83.8 Å². The van der Waals surface area contributed by atoms with E-state index in [2.05, 4.69) is 9.82 Å². The maximum atomic E-state index is 14.4. The summed E-state index contributed by atoms with van der Waals surface area (Å²) in [6.07, 6.45) is 1.48. The lowest BCUT2D eigenvalue weighted by molar-refractivity contribution is 0.0982. The molecule has 0 spiro atoms. The fourth-order valence-corrected chi connectivity index (χ4v) is 4.45. The van der Waals surface area contributed by atoms with Crippen molar-refractivity contribution in [3.8, 4) is 0 Å². The van der Waals surface area contributed by atoms with Gasteiger partial charge in [-0.05, 0) is 51.1 Å². The van der Waals surface area contributed by atoms with E-state index < -0.39 is 44.5 Å². The van der Waals surface area contributed by atoms with Crippen LogP contribution in [0.5, 0.6) is 0 Å². The second-order valence-electron chi connectivity index (χ2n) is 8.99. The lowest BCUT2D eigenvalue weighted by atomic mass is 10.0. The van der Waals surface area contributed by atoms with Gasteiger partial charge < -0.3 is 4.90 Å². The Labute approximate surface area is 189 Å². The third kappa shape index (κ3) is 4.29. The number of sulfonamides is 1. The summed E-state index contributed by atoms with van der Waals surface area (Å²) in [6.45, 7) is 4.33. The van der Waals surface area contributed by atoms with Crippen molar-refractivity contribution in [2.75, 3.05) is 11.4 Å². The first kappa shape index (κ1) is 23.1. The van der Waals surface area contributed by atoms with E-state index in [-0.39, 0.29) is 29.6 Å². The summed E-state index contributed by atoms with van der Waals surface area (Å²) in [6, 6.07) is 5.48. The molecule has 2 aromatic heterocycles. The van der Waals surface area contributed by atoms with Crippen molar-refractivity contribution >= 4 is 27.1 Å². The molecule has 1 fully saturated rings. The number of benzene rings is 1. The Kier molecular flexibility index (Phi) is 5.63. The fourth-order valence-electron chi connectivity index (χ4n) is 3.79. The van der Waals surface area contributed by atoms with Gasteiger partial charge in [-0.25, -0.2) is 30.8 Å². The molecule has 1 aromatic carbocycles. The van der Waals surface area contributed by atoms with E-state index >= 15 is 0 Å². The quantitative estimate of drug-likeness (QED) is 0.615. The number of fused-ring (bicyclic) bond motifs is 1. The van der Waals surface area contributed by atoms with Crippen LogP contribution < -0.4 is 9.62 Å². The van der Waals surface area contributed by atoms with Crippen molar-refractivity contribution in [1.82, 2.24) is 14.3 Å². The van der Waals surface area contributed by atoms with Gasteiger partial charge in [0.1, 0.15) is 17.8 Å². The number of alkyl halides is 1. The molecule has 11 heteroatoms. The molecule has 176 valence electrons. The summed E-state index contributed by atoms with van der Waals surface area (Å²) in [5.41, 5.74) is 0.798. The molecule has 0 bridgehead atoms. The Hall–Kier alpha value is -3.08. The van der Waals surface area contributed by atoms with Gasteiger partial charge in [0.15, 0.2) is 0 Å². The molecule has 3 aromatic rings. The van der Waals surface area contributed by atoms with E-state index in [1.807, 2.05) is 0 Å². The van der Waals surface area contributed by atoms with Crippen molar-refractivity contribution in [2.24, 2.45) is 0 Å². The van der Waals surface area contributed by atoms with Crippen molar-refractivity contribution in [3.05, 3.63) is 65.5 Å². The number of carbonyl (C=O) groups is 1. The molecular formula is C22H23F3N4O3S. The molecule has 0 aliphatic carbocycles. The zero-order chi connectivity index (χ0) is 24.1. The summed E-state index contributed by atoms with van der Waals surface area (Å²) in [4.78, 5) is 14.3. The lowest BCUT2D eigenvalue weighted by Crippen LogP contribution is -2.42. The zero-order valence-corrected chi connectivity index (χ0v) is 19.0. The molecule has 0 saturated carbocycles. The first-order chi connectivity index (χ1) is 15.4. The monoisotopic (exact) mass is 480 g/mol. The number of anilines is 1. The highest BCUT2D eigenvalue weighted by Crippen LogP contribution is 2.39. The number of pyridine rings is 1. The highest BCUT2D eigenvalue weighted by molar-refractivity contribution is 7.91. The van der Waals surface area contributed by atoms with Crippen LogP contribution in [0, 0.1) is 11.6 Å². The first-order valence-corrected chi connectivity index (χ1v) is 11.8. The van der Waals surface area contributed by atoms with Gasteiger partial charge in [0, 0.05) is 30.4 Å². The molecule has 7 nitrogen and oxygen atoms in total. The Balaban J connectivity index is 1.72. The third-order valence-electron chi connectivity index (χ3n) is 5.68. The highest BCUT2D eigenvalue weighted by atomic mass is 32.2. The zero-order valence-electron chi connectivity index (χ0n) is 18.2. The smallest absolute Gasteiger partial charge is 0.268 e. The lowest BCUT2D eigenvalue weighted by Gasteiger charge is -2.27. The van der Waals surface area contributed by atoms with E-state index in [0.717, 1.165) is 18.2 Å². The van der Waals surface area contributed by atoms with Gasteiger partial charge in [-0.2, -0.15) is 5.10 Å². The second-order valence-corrected chi connectivity index (χ2v) is 11.4. The predicted octanol–water partition coefficient (Wildman–Crippen LogP) is 3.76. The molecule has 1 aliphatic rings. The molecule has 1 aliphatic heterocycles. The molecule has 2 atom stereocenters. The summed E-state index contributed by atoms with van der Waals surface area (Å²) >= 11 is 0. The van der Waals surface area contributed by atoms with E-state index in [4.69, 9.17) is 0 Å². The van der Waals surface area contributed by atoms with E-state index in [9.17, 15) is 26.4 Å². The van der Waals surface area contributed by atoms with E-state index in [1.165, 1.54) is 37.7 Å². The second kappa shape index (κ2) is 8.05. The number of rotatable bonds is 4. The summed E-state index contributed by atoms with van der Waals surface area (Å²) in [5, 5.41) is 4.08. The number of nitrogens with one attached hydrogen (secondary N) is 1. The number of amides is 1. The number of nitrogens with zero attached hydrogens (tertiary/aromatic N) is 3. The molecule has 1 amide bonds. The van der Waals surface area contributed by atoms with Gasteiger partial charge in [0.05, 0.1) is 28.1 Å². The molecule has 1 saturated heterocycles. The Morgan fingerprint density at radius 2 is 1.91 bits per heavy atom. The average molecular weight is 481 g/mol. The minimum atomic E-state index is -3.95. The van der Waals surface area contributed by atoms with Crippen LogP contribution in [0.1, 0.15) is 49.2 Å². The molecular weight excluding hydrogens is 457 g/mol. The van der Waals surface area contributed by atoms with E-state index in [0.29, 0.717) is 5.69 Å². The highest BCUT2D eigenvalue weighted by Gasteiger charge is 2.36. The van der Waals surface area contributed by atoms with Crippen LogP contribution in [-0.4, -0.2) is 41.4 Å². The third-order valence-corrected chi connectivity index (χ3v) is 7.75. The summed E-state index contributed by atoms with van der Waals surface area (Å²) in [5.74, 6) is -2.12. The average Bonchev–Trinajstić information content (AvgIpc) is 3.31. The first-order valence-electron chi connectivity index (χ1n) is 10.3. The SMILES string of the molecule is CC(C)(C)S(=O)(=O)NC(=O)c1cnn2ccc(N3CC(F)CC3c3cc(F)ccc3F)cc12. The minimum Gasteiger partial charge on any atom is -0.361 e. The van der Waals surface area contributed by atoms with E-state index in [1.54, 1.807) is 17.0 Å². The standard InChI is InChI=1S/C22H23F3N4O3S/c1-22(2,3)33(31,32)27-21(30)17-11-26-29-7-6-15(10-20(17)29)28-12-14(24)9-19(28)16-8-13(23)4-5-18(16)25/h4-8,10-11,14,19H,9,12H2,1-3H3,(H,27,30). The molecule has 33 heavy (non-hydrogen) atoms. The van der Waals surface area contributed by atoms with Crippen LogP contribution in [0.15, 0.2) is 42.7 Å². The van der Waals surface area contributed by atoms with Crippen LogP contribution in [0.25, 0.3) is 5.52 Å². The number of aromatic nitrogens is 2.